The van der Waals surface area contributed by atoms with Gasteiger partial charge in [-0.2, -0.15) is 0 Å². The summed E-state index contributed by atoms with van der Waals surface area (Å²) in [5, 5.41) is 3.52. The molecule has 1 heterocycles. The molecule has 0 amide bonds. The fraction of sp³-hybridized carbons (Fsp3) is 0.375. The Morgan fingerprint density at radius 2 is 2.05 bits per heavy atom. The summed E-state index contributed by atoms with van der Waals surface area (Å²) in [5.41, 5.74) is 2.47. The minimum atomic E-state index is 0.265. The molecule has 19 heavy (non-hydrogen) atoms. The van der Waals surface area contributed by atoms with E-state index in [4.69, 9.17) is 9.15 Å². The van der Waals surface area contributed by atoms with Gasteiger partial charge in [-0.05, 0) is 29.7 Å². The third kappa shape index (κ3) is 3.94. The number of methoxy groups -OCH3 is 1. The van der Waals surface area contributed by atoms with Crippen LogP contribution in [0.1, 0.15) is 36.3 Å². The minimum Gasteiger partial charge on any atom is -0.468 e. The fourth-order valence-electron chi connectivity index (χ4n) is 2.17. The average Bonchev–Trinajstić information content (AvgIpc) is 2.94. The molecule has 0 aliphatic rings. The van der Waals surface area contributed by atoms with Crippen molar-refractivity contribution in [1.29, 1.82) is 0 Å². The SMILES string of the molecule is CCC(NCc1cccc(COC)c1)c1ccco1. The second-order valence-electron chi connectivity index (χ2n) is 4.61. The van der Waals surface area contributed by atoms with Crippen LogP contribution in [0.3, 0.4) is 0 Å². The highest BCUT2D eigenvalue weighted by molar-refractivity contribution is 5.23. The quantitative estimate of drug-likeness (QED) is 0.824. The molecule has 0 aliphatic heterocycles. The van der Waals surface area contributed by atoms with E-state index in [1.165, 1.54) is 11.1 Å². The zero-order valence-electron chi connectivity index (χ0n) is 11.6. The third-order valence-electron chi connectivity index (χ3n) is 3.15. The van der Waals surface area contributed by atoms with Gasteiger partial charge in [-0.25, -0.2) is 0 Å². The first kappa shape index (κ1) is 13.8. The van der Waals surface area contributed by atoms with Crippen molar-refractivity contribution in [2.45, 2.75) is 32.5 Å². The second kappa shape index (κ2) is 7.12. The minimum absolute atomic E-state index is 0.265. The largest absolute Gasteiger partial charge is 0.468 e. The van der Waals surface area contributed by atoms with Gasteiger partial charge < -0.3 is 14.5 Å². The molecule has 0 bridgehead atoms. The molecule has 1 unspecified atom stereocenters. The van der Waals surface area contributed by atoms with Crippen molar-refractivity contribution in [2.24, 2.45) is 0 Å². The molecule has 2 aromatic rings. The Balaban J connectivity index is 1.95. The van der Waals surface area contributed by atoms with Gasteiger partial charge in [0.1, 0.15) is 5.76 Å². The fourth-order valence-corrected chi connectivity index (χ4v) is 2.17. The first-order chi connectivity index (χ1) is 9.33. The molecule has 1 atom stereocenters. The van der Waals surface area contributed by atoms with Crippen LogP contribution in [0.2, 0.25) is 0 Å². The van der Waals surface area contributed by atoms with Crippen molar-refractivity contribution in [3.05, 3.63) is 59.5 Å². The van der Waals surface area contributed by atoms with E-state index in [2.05, 4.69) is 36.5 Å². The Bertz CT molecular complexity index is 479. The van der Waals surface area contributed by atoms with E-state index in [0.29, 0.717) is 6.61 Å². The van der Waals surface area contributed by atoms with Gasteiger partial charge in [0.15, 0.2) is 0 Å². The normalized spacial score (nSPS) is 12.5. The van der Waals surface area contributed by atoms with Crippen LogP contribution in [0.4, 0.5) is 0 Å². The summed E-state index contributed by atoms with van der Waals surface area (Å²) in [4.78, 5) is 0. The summed E-state index contributed by atoms with van der Waals surface area (Å²) >= 11 is 0. The van der Waals surface area contributed by atoms with Gasteiger partial charge in [-0.3, -0.25) is 0 Å². The van der Waals surface area contributed by atoms with E-state index in [9.17, 15) is 0 Å². The topological polar surface area (TPSA) is 34.4 Å². The van der Waals surface area contributed by atoms with Crippen LogP contribution in [0.25, 0.3) is 0 Å². The number of furan rings is 1. The van der Waals surface area contributed by atoms with E-state index in [0.717, 1.165) is 18.7 Å². The van der Waals surface area contributed by atoms with Gasteiger partial charge in [-0.15, -0.1) is 0 Å². The summed E-state index contributed by atoms with van der Waals surface area (Å²) in [5.74, 6) is 0.996. The molecular formula is C16H21NO2. The maximum atomic E-state index is 5.45. The highest BCUT2D eigenvalue weighted by Gasteiger charge is 2.11. The highest BCUT2D eigenvalue weighted by Crippen LogP contribution is 2.17. The molecule has 2 rings (SSSR count). The lowest BCUT2D eigenvalue weighted by Crippen LogP contribution is -2.19. The predicted octanol–water partition coefficient (Wildman–Crippen LogP) is 3.67. The number of hydrogen-bond donors (Lipinski definition) is 1. The molecule has 0 radical (unpaired) electrons. The Hall–Kier alpha value is -1.58. The lowest BCUT2D eigenvalue weighted by atomic mass is 10.1. The lowest BCUT2D eigenvalue weighted by molar-refractivity contribution is 0.185. The van der Waals surface area contributed by atoms with Gasteiger partial charge in [0.2, 0.25) is 0 Å². The molecular weight excluding hydrogens is 238 g/mol. The summed E-state index contributed by atoms with van der Waals surface area (Å²) < 4.78 is 10.6. The number of benzene rings is 1. The first-order valence-electron chi connectivity index (χ1n) is 6.67. The van der Waals surface area contributed by atoms with Crippen molar-refractivity contribution in [3.8, 4) is 0 Å². The van der Waals surface area contributed by atoms with Gasteiger partial charge >= 0.3 is 0 Å². The van der Waals surface area contributed by atoms with Crippen LogP contribution in [0.15, 0.2) is 47.1 Å². The van der Waals surface area contributed by atoms with E-state index in [1.807, 2.05) is 12.1 Å². The standard InChI is InChI=1S/C16H21NO2/c1-3-15(16-8-5-9-19-16)17-11-13-6-4-7-14(10-13)12-18-2/h4-10,15,17H,3,11-12H2,1-2H3. The first-order valence-corrected chi connectivity index (χ1v) is 6.67. The van der Waals surface area contributed by atoms with Crippen LogP contribution < -0.4 is 5.32 Å². The monoisotopic (exact) mass is 259 g/mol. The van der Waals surface area contributed by atoms with Gasteiger partial charge in [-0.1, -0.05) is 31.2 Å². The second-order valence-corrected chi connectivity index (χ2v) is 4.61. The van der Waals surface area contributed by atoms with E-state index >= 15 is 0 Å². The van der Waals surface area contributed by atoms with Crippen molar-refractivity contribution in [2.75, 3.05) is 7.11 Å². The number of hydrogen-bond acceptors (Lipinski definition) is 3. The van der Waals surface area contributed by atoms with Crippen LogP contribution >= 0.6 is 0 Å². The Morgan fingerprint density at radius 1 is 1.21 bits per heavy atom. The molecule has 3 heteroatoms. The highest BCUT2D eigenvalue weighted by atomic mass is 16.5. The average molecular weight is 259 g/mol. The molecule has 1 aromatic carbocycles. The molecule has 1 N–H and O–H groups in total. The third-order valence-corrected chi connectivity index (χ3v) is 3.15. The molecule has 0 spiro atoms. The molecule has 102 valence electrons. The summed E-state index contributed by atoms with van der Waals surface area (Å²) in [6.07, 6.45) is 2.73. The van der Waals surface area contributed by atoms with Crippen LogP contribution in [-0.2, 0) is 17.9 Å². The molecule has 0 saturated carbocycles. The molecule has 0 saturated heterocycles. The molecule has 0 fully saturated rings. The zero-order chi connectivity index (χ0) is 13.5. The van der Waals surface area contributed by atoms with E-state index < -0.39 is 0 Å². The Labute approximate surface area is 114 Å². The van der Waals surface area contributed by atoms with E-state index in [1.54, 1.807) is 13.4 Å². The number of nitrogens with one attached hydrogen (secondary N) is 1. The zero-order valence-corrected chi connectivity index (χ0v) is 11.6. The predicted molar refractivity (Wildman–Crippen MR) is 75.7 cm³/mol. The Morgan fingerprint density at radius 3 is 2.74 bits per heavy atom. The summed E-state index contributed by atoms with van der Waals surface area (Å²) in [7, 11) is 1.72. The van der Waals surface area contributed by atoms with Crippen LogP contribution in [-0.4, -0.2) is 7.11 Å². The Kier molecular flexibility index (Phi) is 5.19. The lowest BCUT2D eigenvalue weighted by Gasteiger charge is -2.15. The molecule has 1 aromatic heterocycles. The molecule has 0 aliphatic carbocycles. The van der Waals surface area contributed by atoms with Crippen molar-refractivity contribution < 1.29 is 9.15 Å². The van der Waals surface area contributed by atoms with Crippen molar-refractivity contribution in [3.63, 3.8) is 0 Å². The maximum Gasteiger partial charge on any atom is 0.120 e. The smallest absolute Gasteiger partial charge is 0.120 e. The maximum absolute atomic E-state index is 5.45. The summed E-state index contributed by atoms with van der Waals surface area (Å²) in [6, 6.07) is 12.7. The van der Waals surface area contributed by atoms with Crippen LogP contribution in [0.5, 0.6) is 0 Å². The van der Waals surface area contributed by atoms with E-state index in [-0.39, 0.29) is 6.04 Å². The molecule has 3 nitrogen and oxygen atoms in total. The van der Waals surface area contributed by atoms with Crippen molar-refractivity contribution >= 4 is 0 Å². The van der Waals surface area contributed by atoms with Gasteiger partial charge in [0, 0.05) is 13.7 Å². The van der Waals surface area contributed by atoms with Crippen molar-refractivity contribution in [1.82, 2.24) is 5.32 Å². The van der Waals surface area contributed by atoms with Gasteiger partial charge in [0.25, 0.3) is 0 Å². The number of rotatable bonds is 7. The number of ether oxygens (including phenoxy) is 1. The van der Waals surface area contributed by atoms with Crippen LogP contribution in [0, 0.1) is 0 Å². The summed E-state index contributed by atoms with van der Waals surface area (Å²) in [6.45, 7) is 3.64. The van der Waals surface area contributed by atoms with Gasteiger partial charge in [0.05, 0.1) is 18.9 Å².